The Hall–Kier alpha value is 0.270. The maximum Gasteiger partial charge on any atom is 0.193 e. The molecule has 0 bridgehead atoms. The molecule has 0 radical (unpaired) electrons. The van der Waals surface area contributed by atoms with Gasteiger partial charge < -0.3 is 19.7 Å². The molecule has 2 aliphatic rings. The molecule has 7 heteroatoms. The van der Waals surface area contributed by atoms with Gasteiger partial charge >= 0.3 is 0 Å². The number of methoxy groups -OCH3 is 1. The number of nitrogens with zero attached hydrogens (tertiary/aromatic N) is 2. The third kappa shape index (κ3) is 5.93. The first-order chi connectivity index (χ1) is 10.6. The molecule has 1 unspecified atom stereocenters. The molecule has 23 heavy (non-hydrogen) atoms. The number of aliphatic imine (C=N–C) groups is 1. The van der Waals surface area contributed by atoms with E-state index in [1.54, 1.807) is 0 Å². The van der Waals surface area contributed by atoms with Crippen LogP contribution in [-0.2, 0) is 9.47 Å². The van der Waals surface area contributed by atoms with Gasteiger partial charge in [-0.15, -0.1) is 24.0 Å². The molecule has 0 spiro atoms. The predicted octanol–water partition coefficient (Wildman–Crippen LogP) is 2.45. The lowest BCUT2D eigenvalue weighted by Crippen LogP contribution is -2.54. The lowest BCUT2D eigenvalue weighted by Gasteiger charge is -2.39. The molecule has 2 rings (SSSR count). The van der Waals surface area contributed by atoms with Crippen molar-refractivity contribution in [2.75, 3.05) is 52.8 Å². The highest BCUT2D eigenvalue weighted by Crippen LogP contribution is 2.26. The van der Waals surface area contributed by atoms with Crippen molar-refractivity contribution < 1.29 is 9.47 Å². The third-order valence-electron chi connectivity index (χ3n) is 4.75. The second kappa shape index (κ2) is 10.3. The van der Waals surface area contributed by atoms with Crippen LogP contribution in [0.2, 0.25) is 0 Å². The average molecular weight is 457 g/mol. The molecule has 2 aliphatic heterocycles. The summed E-state index contributed by atoms with van der Waals surface area (Å²) in [5.41, 5.74) is -0.115. The van der Waals surface area contributed by atoms with E-state index in [4.69, 9.17) is 9.47 Å². The van der Waals surface area contributed by atoms with Gasteiger partial charge in [-0.2, -0.15) is 11.8 Å². The van der Waals surface area contributed by atoms with E-state index >= 15 is 0 Å². The largest absolute Gasteiger partial charge is 0.381 e. The Labute approximate surface area is 162 Å². The monoisotopic (exact) mass is 457 g/mol. The second-order valence-electron chi connectivity index (χ2n) is 6.50. The van der Waals surface area contributed by atoms with Gasteiger partial charge in [0.2, 0.25) is 0 Å². The van der Waals surface area contributed by atoms with Gasteiger partial charge in [0.15, 0.2) is 5.96 Å². The van der Waals surface area contributed by atoms with Crippen molar-refractivity contribution in [2.24, 2.45) is 10.9 Å². The maximum atomic E-state index is 5.80. The number of thioether (sulfide) groups is 1. The van der Waals surface area contributed by atoms with Crippen LogP contribution in [0.4, 0.5) is 0 Å². The minimum Gasteiger partial charge on any atom is -0.381 e. The van der Waals surface area contributed by atoms with Crippen molar-refractivity contribution in [1.82, 2.24) is 10.2 Å². The zero-order chi connectivity index (χ0) is 16.0. The third-order valence-corrected chi connectivity index (χ3v) is 6.29. The minimum atomic E-state index is -0.115. The van der Waals surface area contributed by atoms with E-state index < -0.39 is 0 Å². The van der Waals surface area contributed by atoms with Gasteiger partial charge in [0.05, 0.1) is 5.60 Å². The highest BCUT2D eigenvalue weighted by Gasteiger charge is 2.33. The summed E-state index contributed by atoms with van der Waals surface area (Å²) in [5, 5.41) is 4.23. The lowest BCUT2D eigenvalue weighted by molar-refractivity contribution is -0.0857. The van der Waals surface area contributed by atoms with E-state index in [9.17, 15) is 0 Å². The molecule has 5 nitrogen and oxygen atoms in total. The molecule has 136 valence electrons. The Morgan fingerprint density at radius 2 is 2.13 bits per heavy atom. The summed E-state index contributed by atoms with van der Waals surface area (Å²) in [6.45, 7) is 9.11. The Balaban J connectivity index is 0.00000264. The summed E-state index contributed by atoms with van der Waals surface area (Å²) in [6, 6.07) is 0. The smallest absolute Gasteiger partial charge is 0.193 e. The van der Waals surface area contributed by atoms with Crippen molar-refractivity contribution in [1.29, 1.82) is 0 Å². The Morgan fingerprint density at radius 3 is 2.70 bits per heavy atom. The van der Waals surface area contributed by atoms with Gasteiger partial charge in [0.25, 0.3) is 0 Å². The number of nitrogens with one attached hydrogen (secondary N) is 1. The molecule has 0 saturated carbocycles. The quantitative estimate of drug-likeness (QED) is 0.399. The van der Waals surface area contributed by atoms with E-state index in [0.29, 0.717) is 11.2 Å². The summed E-state index contributed by atoms with van der Waals surface area (Å²) in [5.74, 6) is 2.88. The lowest BCUT2D eigenvalue weighted by atomic mass is 9.94. The standard InChI is InChI=1S/C16H31N3O2S.HI/c1-13(2)14-11-19(7-10-22-14)15(17-3)18-12-16(20-4)5-8-21-9-6-16;/h13-14H,5-12H2,1-4H3,(H,17,18);1H. The molecule has 1 atom stereocenters. The van der Waals surface area contributed by atoms with Crippen molar-refractivity contribution in [3.05, 3.63) is 0 Å². The molecular formula is C16H32IN3O2S. The maximum absolute atomic E-state index is 5.80. The first-order valence-corrected chi connectivity index (χ1v) is 9.35. The summed E-state index contributed by atoms with van der Waals surface area (Å²) in [7, 11) is 3.68. The molecule has 0 aromatic rings. The van der Waals surface area contributed by atoms with Gasteiger partial charge in [-0.1, -0.05) is 13.8 Å². The van der Waals surface area contributed by atoms with Crippen LogP contribution in [0, 0.1) is 5.92 Å². The highest BCUT2D eigenvalue weighted by atomic mass is 127. The number of ether oxygens (including phenoxy) is 2. The van der Waals surface area contributed by atoms with Crippen LogP contribution < -0.4 is 5.32 Å². The summed E-state index contributed by atoms with van der Waals surface area (Å²) in [4.78, 5) is 6.88. The number of guanidine groups is 1. The van der Waals surface area contributed by atoms with E-state index in [1.807, 2.05) is 14.2 Å². The van der Waals surface area contributed by atoms with Crippen LogP contribution in [0.3, 0.4) is 0 Å². The zero-order valence-electron chi connectivity index (χ0n) is 14.8. The van der Waals surface area contributed by atoms with Crippen molar-refractivity contribution in [2.45, 2.75) is 37.5 Å². The SMILES string of the molecule is CN=C(NCC1(OC)CCOCC1)N1CCSC(C(C)C)C1.I. The summed E-state index contributed by atoms with van der Waals surface area (Å²) < 4.78 is 11.3. The van der Waals surface area contributed by atoms with Crippen molar-refractivity contribution in [3.63, 3.8) is 0 Å². The van der Waals surface area contributed by atoms with Gasteiger partial charge in [0, 0.05) is 70.8 Å². The molecule has 0 aliphatic carbocycles. The molecule has 0 aromatic heterocycles. The molecular weight excluding hydrogens is 425 g/mol. The van der Waals surface area contributed by atoms with Crippen LogP contribution >= 0.6 is 35.7 Å². The van der Waals surface area contributed by atoms with E-state index in [1.165, 1.54) is 5.75 Å². The number of rotatable bonds is 4. The van der Waals surface area contributed by atoms with Crippen molar-refractivity contribution in [3.8, 4) is 0 Å². The molecule has 2 heterocycles. The second-order valence-corrected chi connectivity index (χ2v) is 7.85. The van der Waals surface area contributed by atoms with Crippen LogP contribution in [0.15, 0.2) is 4.99 Å². The molecule has 0 aromatic carbocycles. The normalized spacial score (nSPS) is 25.2. The van der Waals surface area contributed by atoms with Crippen molar-refractivity contribution >= 4 is 41.7 Å². The van der Waals surface area contributed by atoms with Gasteiger partial charge in [-0.25, -0.2) is 0 Å². The average Bonchev–Trinajstić information content (AvgIpc) is 2.56. The first kappa shape index (κ1) is 21.3. The predicted molar refractivity (Wildman–Crippen MR) is 109 cm³/mol. The van der Waals surface area contributed by atoms with Gasteiger partial charge in [-0.05, 0) is 5.92 Å². The summed E-state index contributed by atoms with van der Waals surface area (Å²) in [6.07, 6.45) is 1.88. The van der Waals surface area contributed by atoms with Crippen LogP contribution in [-0.4, -0.2) is 74.5 Å². The zero-order valence-corrected chi connectivity index (χ0v) is 18.0. The van der Waals surface area contributed by atoms with Crippen LogP contribution in [0.5, 0.6) is 0 Å². The number of halogens is 1. The van der Waals surface area contributed by atoms with Gasteiger partial charge in [-0.3, -0.25) is 4.99 Å². The Morgan fingerprint density at radius 1 is 1.43 bits per heavy atom. The molecule has 0 amide bonds. The van der Waals surface area contributed by atoms with E-state index in [2.05, 4.69) is 40.8 Å². The fourth-order valence-electron chi connectivity index (χ4n) is 3.04. The van der Waals surface area contributed by atoms with Crippen LogP contribution in [0.25, 0.3) is 0 Å². The number of hydrogen-bond donors (Lipinski definition) is 1. The van der Waals surface area contributed by atoms with E-state index in [-0.39, 0.29) is 29.6 Å². The van der Waals surface area contributed by atoms with Gasteiger partial charge in [0.1, 0.15) is 0 Å². The fraction of sp³-hybridized carbons (Fsp3) is 0.938. The molecule has 2 fully saturated rings. The highest BCUT2D eigenvalue weighted by molar-refractivity contribution is 14.0. The Kier molecular flexibility index (Phi) is 9.55. The number of hydrogen-bond acceptors (Lipinski definition) is 4. The minimum absolute atomic E-state index is 0. The molecule has 1 N–H and O–H groups in total. The van der Waals surface area contributed by atoms with E-state index in [0.717, 1.165) is 51.6 Å². The molecule has 2 saturated heterocycles. The first-order valence-electron chi connectivity index (χ1n) is 8.30. The summed E-state index contributed by atoms with van der Waals surface area (Å²) >= 11 is 2.09. The Bertz CT molecular complexity index is 376. The fourth-order valence-corrected chi connectivity index (χ4v) is 4.34. The topological polar surface area (TPSA) is 46.1 Å². The van der Waals surface area contributed by atoms with Crippen LogP contribution in [0.1, 0.15) is 26.7 Å².